The predicted octanol–water partition coefficient (Wildman–Crippen LogP) is 2.80. The van der Waals surface area contributed by atoms with Crippen molar-refractivity contribution >= 4 is 23.3 Å². The van der Waals surface area contributed by atoms with Gasteiger partial charge in [-0.3, -0.25) is 0 Å². The van der Waals surface area contributed by atoms with Crippen molar-refractivity contribution in [3.05, 3.63) is 28.8 Å². The largest absolute Gasteiger partial charge is 0.389 e. The Morgan fingerprint density at radius 1 is 1.38 bits per heavy atom. The van der Waals surface area contributed by atoms with Gasteiger partial charge in [0.25, 0.3) is 0 Å². The second-order valence-corrected chi connectivity index (χ2v) is 5.81. The molecule has 1 aromatic rings. The van der Waals surface area contributed by atoms with Crippen molar-refractivity contribution < 1.29 is 14.6 Å². The molecule has 0 radical (unpaired) electrons. The van der Waals surface area contributed by atoms with E-state index in [2.05, 4.69) is 10.6 Å². The third-order valence-electron chi connectivity index (χ3n) is 2.63. The maximum atomic E-state index is 11.7. The average molecular weight is 315 g/mol. The standard InChI is InChI=1S/C15H23ClN2O3/c1-10(2)8-21-9-12(19)7-17-15(20)18-14-5-4-11(3)6-13(14)16/h4-6,10,12,19H,7-9H2,1-3H3,(H2,17,18,20). The molecular weight excluding hydrogens is 292 g/mol. The Hall–Kier alpha value is -1.30. The lowest BCUT2D eigenvalue weighted by molar-refractivity contribution is 0.0274. The lowest BCUT2D eigenvalue weighted by atomic mass is 10.2. The van der Waals surface area contributed by atoms with E-state index >= 15 is 0 Å². The fourth-order valence-electron chi connectivity index (χ4n) is 1.60. The van der Waals surface area contributed by atoms with Gasteiger partial charge in [-0.25, -0.2) is 4.79 Å². The number of aliphatic hydroxyl groups excluding tert-OH is 1. The zero-order valence-corrected chi connectivity index (χ0v) is 13.4. The minimum atomic E-state index is -0.733. The highest BCUT2D eigenvalue weighted by Crippen LogP contribution is 2.22. The van der Waals surface area contributed by atoms with E-state index in [1.54, 1.807) is 12.1 Å². The van der Waals surface area contributed by atoms with E-state index in [4.69, 9.17) is 16.3 Å². The van der Waals surface area contributed by atoms with Crippen LogP contribution in [0.4, 0.5) is 10.5 Å². The molecule has 2 amide bonds. The monoisotopic (exact) mass is 314 g/mol. The van der Waals surface area contributed by atoms with E-state index in [1.807, 2.05) is 26.8 Å². The van der Waals surface area contributed by atoms with Crippen LogP contribution in [0.2, 0.25) is 5.02 Å². The zero-order valence-electron chi connectivity index (χ0n) is 12.6. The molecule has 0 heterocycles. The molecule has 0 aliphatic heterocycles. The Kier molecular flexibility index (Phi) is 7.50. The van der Waals surface area contributed by atoms with Crippen LogP contribution in [-0.4, -0.2) is 37.0 Å². The first kappa shape index (κ1) is 17.8. The number of halogens is 1. The van der Waals surface area contributed by atoms with Crippen LogP contribution in [-0.2, 0) is 4.74 Å². The first-order valence-corrected chi connectivity index (χ1v) is 7.33. The number of carbonyl (C=O) groups excluding carboxylic acids is 1. The van der Waals surface area contributed by atoms with Crippen molar-refractivity contribution in [1.82, 2.24) is 5.32 Å². The molecule has 5 nitrogen and oxygen atoms in total. The number of ether oxygens (including phenoxy) is 1. The Morgan fingerprint density at radius 3 is 2.71 bits per heavy atom. The molecule has 0 bridgehead atoms. The van der Waals surface area contributed by atoms with Crippen LogP contribution in [0, 0.1) is 12.8 Å². The maximum Gasteiger partial charge on any atom is 0.319 e. The highest BCUT2D eigenvalue weighted by molar-refractivity contribution is 6.33. The summed E-state index contributed by atoms with van der Waals surface area (Å²) in [6.07, 6.45) is -0.733. The number of nitrogens with one attached hydrogen (secondary N) is 2. The summed E-state index contributed by atoms with van der Waals surface area (Å²) in [5.74, 6) is 0.414. The molecule has 0 spiro atoms. The molecule has 0 aliphatic carbocycles. The molecule has 21 heavy (non-hydrogen) atoms. The molecule has 0 saturated carbocycles. The van der Waals surface area contributed by atoms with Crippen LogP contribution in [0.25, 0.3) is 0 Å². The predicted molar refractivity (Wildman–Crippen MR) is 84.9 cm³/mol. The van der Waals surface area contributed by atoms with Crippen LogP contribution in [0.1, 0.15) is 19.4 Å². The van der Waals surface area contributed by atoms with E-state index in [9.17, 15) is 9.90 Å². The van der Waals surface area contributed by atoms with Crippen LogP contribution in [0.3, 0.4) is 0 Å². The Labute approximate surface area is 130 Å². The first-order valence-electron chi connectivity index (χ1n) is 6.95. The quantitative estimate of drug-likeness (QED) is 0.724. The summed E-state index contributed by atoms with van der Waals surface area (Å²) in [6, 6.07) is 4.95. The molecule has 0 aromatic heterocycles. The summed E-state index contributed by atoms with van der Waals surface area (Å²) in [5, 5.41) is 15.4. The molecule has 1 atom stereocenters. The number of carbonyl (C=O) groups is 1. The van der Waals surface area contributed by atoms with Gasteiger partial charge in [0.2, 0.25) is 0 Å². The second kappa shape index (κ2) is 8.87. The van der Waals surface area contributed by atoms with E-state index in [0.717, 1.165) is 5.56 Å². The summed E-state index contributed by atoms with van der Waals surface area (Å²) in [4.78, 5) is 11.7. The van der Waals surface area contributed by atoms with Gasteiger partial charge >= 0.3 is 6.03 Å². The fourth-order valence-corrected chi connectivity index (χ4v) is 1.88. The number of aliphatic hydroxyl groups is 1. The molecule has 3 N–H and O–H groups in total. The number of amides is 2. The number of benzene rings is 1. The smallest absolute Gasteiger partial charge is 0.319 e. The minimum Gasteiger partial charge on any atom is -0.389 e. The molecule has 0 saturated heterocycles. The van der Waals surface area contributed by atoms with Crippen LogP contribution in [0.15, 0.2) is 18.2 Å². The number of urea groups is 1. The topological polar surface area (TPSA) is 70.6 Å². The van der Waals surface area contributed by atoms with Gasteiger partial charge in [0.1, 0.15) is 0 Å². The Morgan fingerprint density at radius 2 is 2.10 bits per heavy atom. The third kappa shape index (κ3) is 7.32. The molecular formula is C15H23ClN2O3. The van der Waals surface area contributed by atoms with Crippen molar-refractivity contribution in [1.29, 1.82) is 0 Å². The normalized spacial score (nSPS) is 12.3. The molecule has 1 rings (SSSR count). The number of anilines is 1. The number of hydrogen-bond acceptors (Lipinski definition) is 3. The summed E-state index contributed by atoms with van der Waals surface area (Å²) < 4.78 is 5.30. The highest BCUT2D eigenvalue weighted by atomic mass is 35.5. The van der Waals surface area contributed by atoms with E-state index in [-0.39, 0.29) is 13.2 Å². The maximum absolute atomic E-state index is 11.7. The second-order valence-electron chi connectivity index (χ2n) is 5.40. The molecule has 6 heteroatoms. The lowest BCUT2D eigenvalue weighted by Gasteiger charge is -2.14. The summed E-state index contributed by atoms with van der Waals surface area (Å²) >= 11 is 6.02. The lowest BCUT2D eigenvalue weighted by Crippen LogP contribution is -2.37. The van der Waals surface area contributed by atoms with Crippen LogP contribution < -0.4 is 10.6 Å². The number of rotatable bonds is 7. The van der Waals surface area contributed by atoms with Gasteiger partial charge in [-0.05, 0) is 30.5 Å². The van der Waals surface area contributed by atoms with Gasteiger partial charge in [-0.2, -0.15) is 0 Å². The number of aryl methyl sites for hydroxylation is 1. The van der Waals surface area contributed by atoms with E-state index in [1.165, 1.54) is 0 Å². The van der Waals surface area contributed by atoms with Gasteiger partial charge in [0, 0.05) is 13.2 Å². The molecule has 1 unspecified atom stereocenters. The average Bonchev–Trinajstić information content (AvgIpc) is 2.39. The first-order chi connectivity index (χ1) is 9.88. The Bertz CT molecular complexity index is 466. The molecule has 0 fully saturated rings. The summed E-state index contributed by atoms with van der Waals surface area (Å²) in [6.45, 7) is 6.88. The van der Waals surface area contributed by atoms with Gasteiger partial charge in [-0.15, -0.1) is 0 Å². The van der Waals surface area contributed by atoms with Gasteiger partial charge < -0.3 is 20.5 Å². The van der Waals surface area contributed by atoms with Gasteiger partial charge in [0.15, 0.2) is 0 Å². The van der Waals surface area contributed by atoms with Gasteiger partial charge in [-0.1, -0.05) is 31.5 Å². The van der Waals surface area contributed by atoms with E-state index in [0.29, 0.717) is 23.2 Å². The molecule has 1 aromatic carbocycles. The number of hydrogen-bond donors (Lipinski definition) is 3. The molecule has 118 valence electrons. The minimum absolute atomic E-state index is 0.118. The summed E-state index contributed by atoms with van der Waals surface area (Å²) in [5.41, 5.74) is 1.55. The van der Waals surface area contributed by atoms with E-state index < -0.39 is 12.1 Å². The fraction of sp³-hybridized carbons (Fsp3) is 0.533. The van der Waals surface area contributed by atoms with Gasteiger partial charge in [0.05, 0.1) is 23.4 Å². The SMILES string of the molecule is Cc1ccc(NC(=O)NCC(O)COCC(C)C)c(Cl)c1. The van der Waals surface area contributed by atoms with Crippen LogP contribution >= 0.6 is 11.6 Å². The van der Waals surface area contributed by atoms with Crippen LogP contribution in [0.5, 0.6) is 0 Å². The third-order valence-corrected chi connectivity index (χ3v) is 2.95. The molecule has 0 aliphatic rings. The van der Waals surface area contributed by atoms with Crippen molar-refractivity contribution in [3.63, 3.8) is 0 Å². The highest BCUT2D eigenvalue weighted by Gasteiger charge is 2.09. The zero-order chi connectivity index (χ0) is 15.8. The summed E-state index contributed by atoms with van der Waals surface area (Å²) in [7, 11) is 0. The van der Waals surface area contributed by atoms with Crippen molar-refractivity contribution in [2.45, 2.75) is 26.9 Å². The van der Waals surface area contributed by atoms with Crippen molar-refractivity contribution in [2.75, 3.05) is 25.1 Å². The van der Waals surface area contributed by atoms with Crippen molar-refractivity contribution in [3.8, 4) is 0 Å². The van der Waals surface area contributed by atoms with Crippen molar-refractivity contribution in [2.24, 2.45) is 5.92 Å². The Balaban J connectivity index is 2.30.